The van der Waals surface area contributed by atoms with Gasteiger partial charge in [-0.15, -0.1) is 0 Å². The van der Waals surface area contributed by atoms with Crippen LogP contribution in [0.2, 0.25) is 0 Å². The highest BCUT2D eigenvalue weighted by atomic mass is 16.6. The molecule has 0 aromatic rings. The van der Waals surface area contributed by atoms with Crippen LogP contribution >= 0.6 is 0 Å². The number of allylic oxidation sites excluding steroid dienone is 2. The number of nitrogens with zero attached hydrogens (tertiary/aromatic N) is 2. The molecule has 4 aliphatic carbocycles. The monoisotopic (exact) mass is 475 g/mol. The Labute approximate surface area is 207 Å². The number of hydrogen-bond acceptors (Lipinski definition) is 6. The molecule has 6 nitrogen and oxygen atoms in total. The Morgan fingerprint density at radius 2 is 1.85 bits per heavy atom. The van der Waals surface area contributed by atoms with E-state index in [0.29, 0.717) is 49.0 Å². The summed E-state index contributed by atoms with van der Waals surface area (Å²) >= 11 is 0. The number of rotatable bonds is 9. The van der Waals surface area contributed by atoms with Gasteiger partial charge in [0.05, 0.1) is 24.5 Å². The Bertz CT molecular complexity index is 742. The lowest BCUT2D eigenvalue weighted by molar-refractivity contribution is -0.209. The predicted molar refractivity (Wildman–Crippen MR) is 138 cm³/mol. The average molecular weight is 476 g/mol. The van der Waals surface area contributed by atoms with Gasteiger partial charge in [-0.25, -0.2) is 0 Å². The molecule has 34 heavy (non-hydrogen) atoms. The maximum absolute atomic E-state index is 12.3. The highest BCUT2D eigenvalue weighted by molar-refractivity contribution is 5.70. The van der Waals surface area contributed by atoms with Gasteiger partial charge in [0.1, 0.15) is 6.61 Å². The molecule has 0 aliphatic heterocycles. The van der Waals surface area contributed by atoms with Gasteiger partial charge in [0.15, 0.2) is 0 Å². The van der Waals surface area contributed by atoms with Crippen LogP contribution in [-0.4, -0.2) is 68.3 Å². The van der Waals surface area contributed by atoms with Gasteiger partial charge >= 0.3 is 0 Å². The quantitative estimate of drug-likeness (QED) is 0.296. The first kappa shape index (κ1) is 26.1. The minimum Gasteiger partial charge on any atom is -0.394 e. The zero-order valence-electron chi connectivity index (χ0n) is 22.0. The van der Waals surface area contributed by atoms with Gasteiger partial charge in [-0.05, 0) is 107 Å². The van der Waals surface area contributed by atoms with Gasteiger partial charge < -0.3 is 25.3 Å². The molecule has 0 aromatic carbocycles. The van der Waals surface area contributed by atoms with E-state index in [4.69, 9.17) is 15.3 Å². The number of aliphatic hydroxyl groups is 1. The molecule has 8 atom stereocenters. The molecule has 4 aliphatic rings. The summed E-state index contributed by atoms with van der Waals surface area (Å²) in [6, 6.07) is 0. The van der Waals surface area contributed by atoms with Gasteiger partial charge in [0.25, 0.3) is 0 Å². The van der Waals surface area contributed by atoms with Crippen LogP contribution in [0, 0.1) is 34.5 Å². The van der Waals surface area contributed by atoms with Crippen molar-refractivity contribution in [3.05, 3.63) is 12.2 Å². The van der Waals surface area contributed by atoms with Crippen LogP contribution in [0.4, 0.5) is 0 Å². The van der Waals surface area contributed by atoms with Crippen LogP contribution in [0.15, 0.2) is 17.3 Å². The average Bonchev–Trinajstić information content (AvgIpc) is 3.07. The van der Waals surface area contributed by atoms with Crippen LogP contribution in [0.3, 0.4) is 0 Å². The number of nitrogens with two attached hydrogens (primary N) is 1. The maximum atomic E-state index is 12.3. The second-order valence-electron chi connectivity index (χ2n) is 12.4. The van der Waals surface area contributed by atoms with Gasteiger partial charge in [0, 0.05) is 18.5 Å². The lowest BCUT2D eigenvalue weighted by atomic mass is 9.43. The molecular weight excluding hydrogens is 426 g/mol. The van der Waals surface area contributed by atoms with Gasteiger partial charge in [-0.1, -0.05) is 25.1 Å². The van der Waals surface area contributed by atoms with Crippen molar-refractivity contribution >= 4 is 6.21 Å². The van der Waals surface area contributed by atoms with Gasteiger partial charge in [-0.2, -0.15) is 0 Å². The van der Waals surface area contributed by atoms with E-state index in [2.05, 4.69) is 30.0 Å². The summed E-state index contributed by atoms with van der Waals surface area (Å²) in [4.78, 5) is 7.41. The Morgan fingerprint density at radius 1 is 1.03 bits per heavy atom. The molecule has 0 spiro atoms. The Kier molecular flexibility index (Phi) is 8.13. The molecule has 3 unspecified atom stereocenters. The van der Waals surface area contributed by atoms with E-state index in [1.165, 1.54) is 25.7 Å². The van der Waals surface area contributed by atoms with Gasteiger partial charge in [-0.3, -0.25) is 0 Å². The minimum absolute atomic E-state index is 0.0467. The number of likely N-dealkylation sites (N-methyl/N-ethyl adjacent to an activating group) is 1. The van der Waals surface area contributed by atoms with E-state index >= 15 is 0 Å². The molecule has 0 aromatic heterocycles. The van der Waals surface area contributed by atoms with Crippen LogP contribution in [0.5, 0.6) is 0 Å². The number of oxime groups is 1. The van der Waals surface area contributed by atoms with Crippen molar-refractivity contribution in [2.24, 2.45) is 45.4 Å². The number of hydrogen-bond donors (Lipinski definition) is 2. The lowest BCUT2D eigenvalue weighted by Crippen LogP contribution is -2.62. The first-order valence-electron chi connectivity index (χ1n) is 13.8. The lowest BCUT2D eigenvalue weighted by Gasteiger charge is -2.63. The summed E-state index contributed by atoms with van der Waals surface area (Å²) in [6.45, 7) is 7.65. The third kappa shape index (κ3) is 4.72. The summed E-state index contributed by atoms with van der Waals surface area (Å²) in [5.74, 6) is 2.18. The van der Waals surface area contributed by atoms with Crippen LogP contribution in [0.1, 0.15) is 71.6 Å². The maximum Gasteiger partial charge on any atom is 0.129 e. The van der Waals surface area contributed by atoms with Crippen molar-refractivity contribution in [3.8, 4) is 0 Å². The van der Waals surface area contributed by atoms with Crippen LogP contribution in [0.25, 0.3) is 0 Å². The SMILES string of the molecule is CN(C)CCO/N=C/C=CC1CC[C@@]2(O)[C@@H]3CCC4CC(OCCN)CC[C@]4(C)[C@@H]3CC[C@]12C. The molecule has 4 rings (SSSR count). The predicted octanol–water partition coefficient (Wildman–Crippen LogP) is 4.22. The van der Waals surface area contributed by atoms with E-state index in [-0.39, 0.29) is 5.41 Å². The smallest absolute Gasteiger partial charge is 0.129 e. The molecule has 0 radical (unpaired) electrons. The van der Waals surface area contributed by atoms with E-state index in [1.54, 1.807) is 6.21 Å². The molecule has 194 valence electrons. The molecule has 0 amide bonds. The topological polar surface area (TPSA) is 80.3 Å². The molecule has 6 heteroatoms. The van der Waals surface area contributed by atoms with Crippen molar-refractivity contribution in [3.63, 3.8) is 0 Å². The minimum atomic E-state index is -0.550. The largest absolute Gasteiger partial charge is 0.394 e. The first-order chi connectivity index (χ1) is 16.2. The third-order valence-corrected chi connectivity index (χ3v) is 10.5. The van der Waals surface area contributed by atoms with Crippen molar-refractivity contribution in [1.29, 1.82) is 0 Å². The zero-order valence-corrected chi connectivity index (χ0v) is 22.0. The first-order valence-corrected chi connectivity index (χ1v) is 13.8. The van der Waals surface area contributed by atoms with E-state index in [1.807, 2.05) is 20.2 Å². The fourth-order valence-electron chi connectivity index (χ4n) is 8.46. The van der Waals surface area contributed by atoms with Crippen molar-refractivity contribution in [1.82, 2.24) is 4.90 Å². The number of ether oxygens (including phenoxy) is 1. The van der Waals surface area contributed by atoms with Crippen molar-refractivity contribution in [2.75, 3.05) is 40.4 Å². The molecule has 0 saturated heterocycles. The highest BCUT2D eigenvalue weighted by Crippen LogP contribution is 2.69. The van der Waals surface area contributed by atoms with Crippen LogP contribution in [-0.2, 0) is 9.57 Å². The van der Waals surface area contributed by atoms with Gasteiger partial charge in [0.2, 0.25) is 0 Å². The van der Waals surface area contributed by atoms with Crippen molar-refractivity contribution in [2.45, 2.75) is 83.3 Å². The molecule has 3 N–H and O–H groups in total. The Morgan fingerprint density at radius 3 is 2.62 bits per heavy atom. The summed E-state index contributed by atoms with van der Waals surface area (Å²) in [5, 5.41) is 16.4. The zero-order chi connectivity index (χ0) is 24.4. The van der Waals surface area contributed by atoms with E-state index in [0.717, 1.165) is 44.6 Å². The van der Waals surface area contributed by atoms with Crippen LogP contribution < -0.4 is 5.73 Å². The fraction of sp³-hybridized carbons (Fsp3) is 0.893. The summed E-state index contributed by atoms with van der Waals surface area (Å²) < 4.78 is 6.06. The normalized spacial score (nSPS) is 44.4. The number of fused-ring (bicyclic) bond motifs is 5. The standard InChI is InChI=1S/C28H49N3O3/c1-26-12-10-23(33-18-15-29)20-22(26)7-8-25-24(26)11-13-27(2)21(9-14-28(25,27)32)6-5-16-30-34-19-17-31(3)4/h5-6,16,21-25,32H,7-15,17-20,29H2,1-4H3/b6-5?,30-16+/t21?,22?,23?,24-,25-,26+,27-,28-/m1/s1. The summed E-state index contributed by atoms with van der Waals surface area (Å²) in [5.41, 5.74) is 5.42. The molecule has 0 heterocycles. The Balaban J connectivity index is 1.40. The molecular formula is C28H49N3O3. The molecule has 4 fully saturated rings. The fourth-order valence-corrected chi connectivity index (χ4v) is 8.46. The summed E-state index contributed by atoms with van der Waals surface area (Å²) in [7, 11) is 4.05. The second kappa shape index (κ2) is 10.6. The highest BCUT2D eigenvalue weighted by Gasteiger charge is 2.66. The second-order valence-corrected chi connectivity index (χ2v) is 12.4. The molecule has 0 bridgehead atoms. The molecule has 4 saturated carbocycles. The van der Waals surface area contributed by atoms with E-state index < -0.39 is 5.60 Å². The van der Waals surface area contributed by atoms with Crippen molar-refractivity contribution < 1.29 is 14.7 Å². The third-order valence-electron chi connectivity index (χ3n) is 10.5. The van der Waals surface area contributed by atoms with E-state index in [9.17, 15) is 5.11 Å². The Hall–Kier alpha value is -0.950. The summed E-state index contributed by atoms with van der Waals surface area (Å²) in [6.07, 6.45) is 16.8.